The van der Waals surface area contributed by atoms with Crippen LogP contribution in [0.4, 0.5) is 11.4 Å². The van der Waals surface area contributed by atoms with E-state index in [9.17, 15) is 9.59 Å². The lowest BCUT2D eigenvalue weighted by Crippen LogP contribution is -2.24. The Balaban J connectivity index is 1.44. The first-order valence-corrected chi connectivity index (χ1v) is 12.4. The highest BCUT2D eigenvalue weighted by atomic mass is 32.2. The first-order chi connectivity index (χ1) is 17.5. The van der Waals surface area contributed by atoms with Gasteiger partial charge in [-0.15, -0.1) is 11.8 Å². The Morgan fingerprint density at radius 3 is 2.25 bits per heavy atom. The number of fused-ring (bicyclic) bond motifs is 1. The van der Waals surface area contributed by atoms with Crippen molar-refractivity contribution < 1.29 is 28.5 Å². The van der Waals surface area contributed by atoms with Crippen molar-refractivity contribution in [3.05, 3.63) is 66.2 Å². The van der Waals surface area contributed by atoms with Crippen LogP contribution in [0.1, 0.15) is 23.7 Å². The van der Waals surface area contributed by atoms with Crippen molar-refractivity contribution in [1.82, 2.24) is 0 Å². The van der Waals surface area contributed by atoms with Crippen molar-refractivity contribution >= 4 is 35.0 Å². The summed E-state index contributed by atoms with van der Waals surface area (Å²) in [4.78, 5) is 26.9. The average molecular weight is 509 g/mol. The molecule has 0 saturated carbocycles. The summed E-state index contributed by atoms with van der Waals surface area (Å²) in [5, 5.41) is 5.53. The molecule has 0 fully saturated rings. The molecule has 0 spiro atoms. The number of carbonyl (C=O) groups excluding carboxylic acids is 2. The van der Waals surface area contributed by atoms with Crippen LogP contribution in [0, 0.1) is 0 Å². The summed E-state index contributed by atoms with van der Waals surface area (Å²) in [6.07, 6.45) is 0.621. The van der Waals surface area contributed by atoms with Gasteiger partial charge in [-0.25, -0.2) is 0 Å². The largest absolute Gasteiger partial charge is 0.496 e. The topological polar surface area (TPSA) is 95.1 Å². The summed E-state index contributed by atoms with van der Waals surface area (Å²) >= 11 is 1.43. The molecule has 1 heterocycles. The van der Waals surface area contributed by atoms with Crippen LogP contribution < -0.4 is 29.6 Å². The van der Waals surface area contributed by atoms with Gasteiger partial charge in [0, 0.05) is 22.3 Å². The number of rotatable bonds is 9. The molecule has 2 amide bonds. The highest BCUT2D eigenvalue weighted by Gasteiger charge is 2.21. The van der Waals surface area contributed by atoms with Gasteiger partial charge in [0.1, 0.15) is 30.3 Å². The van der Waals surface area contributed by atoms with E-state index >= 15 is 0 Å². The number of methoxy groups -OCH3 is 2. The SMILES string of the molecule is CCC(Sc1cccc(NC(=O)c2c(OC)cccc2OC)c1)C(=O)Nc1ccc2c(c1)OCCO2. The van der Waals surface area contributed by atoms with Crippen LogP contribution in [0.2, 0.25) is 0 Å². The molecule has 0 aliphatic carbocycles. The smallest absolute Gasteiger partial charge is 0.263 e. The minimum atomic E-state index is -0.352. The first kappa shape index (κ1) is 25.2. The highest BCUT2D eigenvalue weighted by molar-refractivity contribution is 8.00. The third-order valence-electron chi connectivity index (χ3n) is 5.50. The molecule has 8 nitrogen and oxygen atoms in total. The number of nitrogens with one attached hydrogen (secondary N) is 2. The van der Waals surface area contributed by atoms with Gasteiger partial charge in [-0.3, -0.25) is 9.59 Å². The highest BCUT2D eigenvalue weighted by Crippen LogP contribution is 2.34. The maximum Gasteiger partial charge on any atom is 0.263 e. The zero-order valence-electron chi connectivity index (χ0n) is 20.3. The summed E-state index contributed by atoms with van der Waals surface area (Å²) in [6.45, 7) is 2.95. The number of hydrogen-bond acceptors (Lipinski definition) is 7. The maximum atomic E-state index is 13.0. The van der Waals surface area contributed by atoms with Gasteiger partial charge in [0.05, 0.1) is 19.5 Å². The van der Waals surface area contributed by atoms with Gasteiger partial charge in [-0.05, 0) is 48.9 Å². The maximum absolute atomic E-state index is 13.0. The second-order valence-corrected chi connectivity index (χ2v) is 9.16. The van der Waals surface area contributed by atoms with Gasteiger partial charge in [0.2, 0.25) is 5.91 Å². The van der Waals surface area contributed by atoms with Gasteiger partial charge < -0.3 is 29.6 Å². The van der Waals surface area contributed by atoms with E-state index in [0.717, 1.165) is 4.90 Å². The van der Waals surface area contributed by atoms with Crippen LogP contribution in [-0.2, 0) is 4.79 Å². The van der Waals surface area contributed by atoms with Crippen molar-refractivity contribution in [2.45, 2.75) is 23.5 Å². The molecule has 3 aromatic rings. The summed E-state index contributed by atoms with van der Waals surface area (Å²) < 4.78 is 21.8. The minimum absolute atomic E-state index is 0.118. The number of benzene rings is 3. The first-order valence-electron chi connectivity index (χ1n) is 11.5. The van der Waals surface area contributed by atoms with Gasteiger partial charge in [0.25, 0.3) is 5.91 Å². The van der Waals surface area contributed by atoms with Crippen molar-refractivity contribution in [3.63, 3.8) is 0 Å². The predicted octanol–water partition coefficient (Wildman–Crippen LogP) is 5.24. The van der Waals surface area contributed by atoms with E-state index < -0.39 is 0 Å². The second-order valence-electron chi connectivity index (χ2n) is 7.88. The molecule has 0 bridgehead atoms. The number of thioether (sulfide) groups is 1. The molecule has 0 saturated heterocycles. The Hall–Kier alpha value is -3.85. The Morgan fingerprint density at radius 2 is 1.56 bits per heavy atom. The van der Waals surface area contributed by atoms with Crippen LogP contribution in [0.15, 0.2) is 65.6 Å². The fourth-order valence-corrected chi connectivity index (χ4v) is 4.76. The number of ether oxygens (including phenoxy) is 4. The number of carbonyl (C=O) groups is 2. The predicted molar refractivity (Wildman–Crippen MR) is 140 cm³/mol. The minimum Gasteiger partial charge on any atom is -0.496 e. The number of hydrogen-bond donors (Lipinski definition) is 2. The Morgan fingerprint density at radius 1 is 0.889 bits per heavy atom. The molecule has 1 atom stereocenters. The molecule has 1 unspecified atom stereocenters. The molecule has 0 radical (unpaired) electrons. The van der Waals surface area contributed by atoms with Gasteiger partial charge in [-0.2, -0.15) is 0 Å². The molecule has 1 aliphatic rings. The molecule has 2 N–H and O–H groups in total. The van der Waals surface area contributed by atoms with E-state index in [1.807, 2.05) is 25.1 Å². The lowest BCUT2D eigenvalue weighted by molar-refractivity contribution is -0.115. The molecule has 9 heteroatoms. The van der Waals surface area contributed by atoms with E-state index in [2.05, 4.69) is 10.6 Å². The molecule has 4 rings (SSSR count). The van der Waals surface area contributed by atoms with Gasteiger partial charge in [-0.1, -0.05) is 19.1 Å². The van der Waals surface area contributed by atoms with E-state index in [1.54, 1.807) is 42.5 Å². The van der Waals surface area contributed by atoms with Crippen LogP contribution in [-0.4, -0.2) is 44.5 Å². The zero-order chi connectivity index (χ0) is 25.5. The number of anilines is 2. The molecule has 36 heavy (non-hydrogen) atoms. The van der Waals surface area contributed by atoms with Crippen molar-refractivity contribution in [3.8, 4) is 23.0 Å². The Bertz CT molecular complexity index is 1230. The summed E-state index contributed by atoms with van der Waals surface area (Å²) in [5.74, 6) is 1.65. The molecule has 188 valence electrons. The van der Waals surface area contributed by atoms with Gasteiger partial charge in [0.15, 0.2) is 11.5 Å². The normalized spacial score (nSPS) is 12.9. The molecule has 1 aliphatic heterocycles. The van der Waals surface area contributed by atoms with Crippen molar-refractivity contribution in [2.75, 3.05) is 38.1 Å². The quantitative estimate of drug-likeness (QED) is 0.382. The van der Waals surface area contributed by atoms with Crippen LogP contribution in [0.3, 0.4) is 0 Å². The fourth-order valence-electron chi connectivity index (χ4n) is 3.75. The van der Waals surface area contributed by atoms with Crippen LogP contribution in [0.25, 0.3) is 0 Å². The van der Waals surface area contributed by atoms with Crippen molar-refractivity contribution in [1.29, 1.82) is 0 Å². The van der Waals surface area contributed by atoms with Crippen molar-refractivity contribution in [2.24, 2.45) is 0 Å². The standard InChI is InChI=1S/C27H28N2O6S/c1-4-24(26(30)28-18-11-12-20-23(16-18)35-14-13-34-20)36-19-8-5-7-17(15-19)29-27(31)25-21(32-2)9-6-10-22(25)33-3/h5-12,15-16,24H,4,13-14H2,1-3H3,(H,28,30)(H,29,31). The third-order valence-corrected chi connectivity index (χ3v) is 6.86. The van der Waals surface area contributed by atoms with E-state index in [4.69, 9.17) is 18.9 Å². The van der Waals surface area contributed by atoms with Crippen LogP contribution >= 0.6 is 11.8 Å². The van der Waals surface area contributed by atoms with E-state index in [0.29, 0.717) is 59.6 Å². The molecular weight excluding hydrogens is 480 g/mol. The molecule has 0 aromatic heterocycles. The lowest BCUT2D eigenvalue weighted by atomic mass is 10.1. The van der Waals surface area contributed by atoms with E-state index in [1.165, 1.54) is 26.0 Å². The fraction of sp³-hybridized carbons (Fsp3) is 0.259. The Labute approximate surface area is 214 Å². The molecule has 3 aromatic carbocycles. The second kappa shape index (κ2) is 11.7. The molecular formula is C27H28N2O6S. The zero-order valence-corrected chi connectivity index (χ0v) is 21.1. The third kappa shape index (κ3) is 5.85. The Kier molecular flexibility index (Phi) is 8.22. The average Bonchev–Trinajstić information content (AvgIpc) is 2.91. The van der Waals surface area contributed by atoms with E-state index in [-0.39, 0.29) is 17.1 Å². The monoisotopic (exact) mass is 508 g/mol. The van der Waals surface area contributed by atoms with Crippen LogP contribution in [0.5, 0.6) is 23.0 Å². The summed E-state index contributed by atoms with van der Waals surface area (Å²) in [7, 11) is 3.01. The summed E-state index contributed by atoms with van der Waals surface area (Å²) in [5.41, 5.74) is 1.56. The lowest BCUT2D eigenvalue weighted by Gasteiger charge is -2.20. The summed E-state index contributed by atoms with van der Waals surface area (Å²) in [6, 6.07) is 17.9. The number of amides is 2. The van der Waals surface area contributed by atoms with Gasteiger partial charge >= 0.3 is 0 Å².